The molecule has 0 spiro atoms. The molecule has 102 valence electrons. The molecule has 0 unspecified atom stereocenters. The van der Waals surface area contributed by atoms with Crippen LogP contribution < -0.4 is 15.9 Å². The number of hydrogen-bond donors (Lipinski definition) is 0. The summed E-state index contributed by atoms with van der Waals surface area (Å²) < 4.78 is 7.41. The van der Waals surface area contributed by atoms with Crippen LogP contribution in [0.4, 0.5) is 0 Å². The van der Waals surface area contributed by atoms with Crippen LogP contribution in [0, 0.1) is 12.3 Å². The van der Waals surface area contributed by atoms with Gasteiger partial charge in [0.2, 0.25) is 0 Å². The van der Waals surface area contributed by atoms with Crippen LogP contribution in [-0.4, -0.2) is 16.2 Å². The van der Waals surface area contributed by atoms with Crippen molar-refractivity contribution in [2.75, 3.05) is 7.11 Å². The number of halogens is 1. The van der Waals surface area contributed by atoms with Gasteiger partial charge >= 0.3 is 11.1 Å². The standard InChI is InChI=1S/C14H11ClN2O3/c1-3-6-16-7-8-17(14(19)13(16)18)10-4-5-12(20-2)11(15)9-10/h1,4-5,7-9H,6H2,2H3. The second-order valence-electron chi connectivity index (χ2n) is 3.93. The molecule has 1 aromatic carbocycles. The molecule has 0 aliphatic rings. The third-order valence-corrected chi connectivity index (χ3v) is 3.03. The van der Waals surface area contributed by atoms with Gasteiger partial charge in [-0.1, -0.05) is 17.5 Å². The molecule has 0 fully saturated rings. The van der Waals surface area contributed by atoms with E-state index in [1.807, 2.05) is 0 Å². The molecular formula is C14H11ClN2O3. The highest BCUT2D eigenvalue weighted by atomic mass is 35.5. The molecule has 0 aliphatic carbocycles. The molecule has 0 atom stereocenters. The van der Waals surface area contributed by atoms with Crippen molar-refractivity contribution in [2.45, 2.75) is 6.54 Å². The zero-order chi connectivity index (χ0) is 14.7. The van der Waals surface area contributed by atoms with E-state index in [9.17, 15) is 9.59 Å². The predicted octanol–water partition coefficient (Wildman–Crippen LogP) is 1.29. The summed E-state index contributed by atoms with van der Waals surface area (Å²) >= 11 is 6.00. The fourth-order valence-corrected chi connectivity index (χ4v) is 1.99. The Morgan fingerprint density at radius 2 is 2.05 bits per heavy atom. The minimum absolute atomic E-state index is 0.0539. The Bertz CT molecular complexity index is 799. The summed E-state index contributed by atoms with van der Waals surface area (Å²) in [7, 11) is 1.49. The van der Waals surface area contributed by atoms with Gasteiger partial charge in [-0.05, 0) is 18.2 Å². The van der Waals surface area contributed by atoms with Gasteiger partial charge in [-0.15, -0.1) is 6.42 Å². The summed E-state index contributed by atoms with van der Waals surface area (Å²) in [6, 6.07) is 4.81. The minimum atomic E-state index is -0.691. The number of benzene rings is 1. The average molecular weight is 291 g/mol. The molecule has 1 heterocycles. The largest absolute Gasteiger partial charge is 0.495 e. The molecule has 0 N–H and O–H groups in total. The third-order valence-electron chi connectivity index (χ3n) is 2.73. The second kappa shape index (κ2) is 5.68. The van der Waals surface area contributed by atoms with E-state index < -0.39 is 11.1 Å². The highest BCUT2D eigenvalue weighted by molar-refractivity contribution is 6.32. The number of rotatable bonds is 3. The van der Waals surface area contributed by atoms with E-state index in [0.717, 1.165) is 0 Å². The summed E-state index contributed by atoms with van der Waals surface area (Å²) in [5.41, 5.74) is -0.896. The van der Waals surface area contributed by atoms with Crippen LogP contribution in [0.3, 0.4) is 0 Å². The molecule has 5 nitrogen and oxygen atoms in total. The highest BCUT2D eigenvalue weighted by Crippen LogP contribution is 2.25. The number of nitrogens with zero attached hydrogens (tertiary/aromatic N) is 2. The van der Waals surface area contributed by atoms with E-state index >= 15 is 0 Å². The molecular weight excluding hydrogens is 280 g/mol. The molecule has 2 rings (SSSR count). The third kappa shape index (κ3) is 2.46. The van der Waals surface area contributed by atoms with Crippen molar-refractivity contribution < 1.29 is 4.74 Å². The van der Waals surface area contributed by atoms with E-state index in [1.54, 1.807) is 18.2 Å². The fourth-order valence-electron chi connectivity index (χ4n) is 1.74. The van der Waals surface area contributed by atoms with Crippen molar-refractivity contribution in [3.8, 4) is 23.8 Å². The maximum absolute atomic E-state index is 12.0. The van der Waals surface area contributed by atoms with Crippen molar-refractivity contribution in [2.24, 2.45) is 0 Å². The SMILES string of the molecule is C#CCn1ccn(-c2ccc(OC)c(Cl)c2)c(=O)c1=O. The molecule has 0 aliphatic heterocycles. The van der Waals surface area contributed by atoms with Crippen LogP contribution in [0.15, 0.2) is 40.2 Å². The summed E-state index contributed by atoms with van der Waals surface area (Å²) in [5, 5.41) is 0.352. The van der Waals surface area contributed by atoms with Gasteiger partial charge in [-0.3, -0.25) is 18.7 Å². The lowest BCUT2D eigenvalue weighted by Gasteiger charge is -2.09. The predicted molar refractivity (Wildman–Crippen MR) is 76.7 cm³/mol. The van der Waals surface area contributed by atoms with Crippen LogP contribution in [0.25, 0.3) is 5.69 Å². The normalized spacial score (nSPS) is 10.1. The van der Waals surface area contributed by atoms with E-state index in [-0.39, 0.29) is 6.54 Å². The average Bonchev–Trinajstić information content (AvgIpc) is 2.44. The molecule has 20 heavy (non-hydrogen) atoms. The summed E-state index contributed by atoms with van der Waals surface area (Å²) in [6.07, 6.45) is 8.06. The number of aromatic nitrogens is 2. The van der Waals surface area contributed by atoms with Crippen molar-refractivity contribution in [3.63, 3.8) is 0 Å². The Kier molecular flexibility index (Phi) is 3.97. The molecule has 1 aromatic heterocycles. The second-order valence-corrected chi connectivity index (χ2v) is 4.34. The number of ether oxygens (including phenoxy) is 1. The van der Waals surface area contributed by atoms with Crippen molar-refractivity contribution in [1.29, 1.82) is 0 Å². The monoisotopic (exact) mass is 290 g/mol. The van der Waals surface area contributed by atoms with Gasteiger partial charge in [0.25, 0.3) is 0 Å². The maximum atomic E-state index is 12.0. The van der Waals surface area contributed by atoms with E-state index in [0.29, 0.717) is 16.5 Å². The number of methoxy groups -OCH3 is 1. The van der Waals surface area contributed by atoms with E-state index in [4.69, 9.17) is 22.8 Å². The van der Waals surface area contributed by atoms with Crippen molar-refractivity contribution in [3.05, 3.63) is 56.3 Å². The lowest BCUT2D eigenvalue weighted by Crippen LogP contribution is -2.39. The van der Waals surface area contributed by atoms with Crippen molar-refractivity contribution >= 4 is 11.6 Å². The zero-order valence-electron chi connectivity index (χ0n) is 10.7. The molecule has 2 aromatic rings. The van der Waals surface area contributed by atoms with Crippen LogP contribution >= 0.6 is 11.6 Å². The van der Waals surface area contributed by atoms with E-state index in [1.165, 1.54) is 28.6 Å². The first-order valence-electron chi connectivity index (χ1n) is 5.68. The van der Waals surface area contributed by atoms with Gasteiger partial charge < -0.3 is 4.74 Å². The Balaban J connectivity index is 2.58. The van der Waals surface area contributed by atoms with Gasteiger partial charge in [-0.25, -0.2) is 0 Å². The van der Waals surface area contributed by atoms with Crippen LogP contribution in [0.5, 0.6) is 5.75 Å². The maximum Gasteiger partial charge on any atom is 0.321 e. The van der Waals surface area contributed by atoms with Gasteiger partial charge in [0.1, 0.15) is 5.75 Å². The van der Waals surface area contributed by atoms with Crippen LogP contribution in [0.2, 0.25) is 5.02 Å². The topological polar surface area (TPSA) is 53.2 Å². The van der Waals surface area contributed by atoms with Crippen LogP contribution in [0.1, 0.15) is 0 Å². The van der Waals surface area contributed by atoms with Gasteiger partial charge in [0.05, 0.1) is 24.4 Å². The first kappa shape index (κ1) is 14.0. The minimum Gasteiger partial charge on any atom is -0.495 e. The lowest BCUT2D eigenvalue weighted by atomic mass is 10.3. The Morgan fingerprint density at radius 3 is 2.65 bits per heavy atom. The Labute approximate surface area is 120 Å². The molecule has 0 saturated heterocycles. The number of hydrogen-bond acceptors (Lipinski definition) is 3. The molecule has 0 radical (unpaired) electrons. The smallest absolute Gasteiger partial charge is 0.321 e. The molecule has 0 saturated carbocycles. The van der Waals surface area contributed by atoms with Gasteiger partial charge in [-0.2, -0.15) is 0 Å². The highest BCUT2D eigenvalue weighted by Gasteiger charge is 2.08. The van der Waals surface area contributed by atoms with Gasteiger partial charge in [0, 0.05) is 12.4 Å². The summed E-state index contributed by atoms with van der Waals surface area (Å²) in [4.78, 5) is 23.9. The Hall–Kier alpha value is -2.45. The summed E-state index contributed by atoms with van der Waals surface area (Å²) in [6.45, 7) is 0.0539. The quantitative estimate of drug-likeness (QED) is 0.632. The van der Waals surface area contributed by atoms with Crippen LogP contribution in [-0.2, 0) is 6.54 Å². The number of terminal acetylenes is 1. The molecule has 0 bridgehead atoms. The molecule has 0 amide bonds. The fraction of sp³-hybridized carbons (Fsp3) is 0.143. The lowest BCUT2D eigenvalue weighted by molar-refractivity contribution is 0.415. The van der Waals surface area contributed by atoms with Crippen molar-refractivity contribution in [1.82, 2.24) is 9.13 Å². The molecule has 6 heteroatoms. The van der Waals surface area contributed by atoms with E-state index in [2.05, 4.69) is 5.92 Å². The van der Waals surface area contributed by atoms with Gasteiger partial charge in [0.15, 0.2) is 0 Å². The first-order valence-corrected chi connectivity index (χ1v) is 6.05. The first-order chi connectivity index (χ1) is 9.58. The Morgan fingerprint density at radius 1 is 1.30 bits per heavy atom. The summed E-state index contributed by atoms with van der Waals surface area (Å²) in [5.74, 6) is 2.80. The zero-order valence-corrected chi connectivity index (χ0v) is 11.4.